The van der Waals surface area contributed by atoms with Crippen molar-refractivity contribution < 1.29 is 29.4 Å². The van der Waals surface area contributed by atoms with Crippen LogP contribution >= 0.6 is 0 Å². The predicted octanol–water partition coefficient (Wildman–Crippen LogP) is 0.506. The summed E-state index contributed by atoms with van der Waals surface area (Å²) in [5.41, 5.74) is 0. The Hall–Kier alpha value is -2.12. The van der Waals surface area contributed by atoms with E-state index in [1.807, 2.05) is 6.92 Å². The molecule has 0 saturated heterocycles. The quantitative estimate of drug-likeness (QED) is 0.410. The van der Waals surface area contributed by atoms with E-state index in [9.17, 15) is 19.2 Å². The van der Waals surface area contributed by atoms with Gasteiger partial charge in [0.1, 0.15) is 12.1 Å². The van der Waals surface area contributed by atoms with Crippen molar-refractivity contribution in [2.45, 2.75) is 64.5 Å². The number of amides is 2. The molecule has 0 aromatic heterocycles. The molecule has 0 aromatic rings. The van der Waals surface area contributed by atoms with Crippen LogP contribution in [0.2, 0.25) is 0 Å². The van der Waals surface area contributed by atoms with Crippen LogP contribution in [0.15, 0.2) is 0 Å². The fourth-order valence-corrected chi connectivity index (χ4v) is 1.93. The number of carbonyl (C=O) groups excluding carboxylic acids is 2. The molecule has 22 heavy (non-hydrogen) atoms. The van der Waals surface area contributed by atoms with Gasteiger partial charge in [-0.3, -0.25) is 14.4 Å². The SMILES string of the molecule is CCCCCCC(NC(=O)[C@H](CC(=O)O)NC(C)=O)C(=O)O. The summed E-state index contributed by atoms with van der Waals surface area (Å²) in [5, 5.41) is 22.3. The van der Waals surface area contributed by atoms with E-state index in [0.29, 0.717) is 6.42 Å². The van der Waals surface area contributed by atoms with Crippen LogP contribution in [0, 0.1) is 0 Å². The molecule has 0 spiro atoms. The van der Waals surface area contributed by atoms with Gasteiger partial charge in [-0.25, -0.2) is 4.79 Å². The third kappa shape index (κ3) is 8.93. The summed E-state index contributed by atoms with van der Waals surface area (Å²) in [5.74, 6) is -3.80. The Labute approximate surface area is 129 Å². The number of hydrogen-bond acceptors (Lipinski definition) is 4. The molecular formula is C14H24N2O6. The lowest BCUT2D eigenvalue weighted by atomic mass is 10.1. The Morgan fingerprint density at radius 2 is 1.59 bits per heavy atom. The molecule has 0 radical (unpaired) electrons. The molecular weight excluding hydrogens is 292 g/mol. The van der Waals surface area contributed by atoms with E-state index in [1.54, 1.807) is 0 Å². The molecule has 0 heterocycles. The minimum Gasteiger partial charge on any atom is -0.481 e. The highest BCUT2D eigenvalue weighted by atomic mass is 16.4. The maximum Gasteiger partial charge on any atom is 0.326 e. The van der Waals surface area contributed by atoms with Crippen molar-refractivity contribution in [3.63, 3.8) is 0 Å². The van der Waals surface area contributed by atoms with Crippen molar-refractivity contribution >= 4 is 23.8 Å². The van der Waals surface area contributed by atoms with Gasteiger partial charge in [0.2, 0.25) is 11.8 Å². The smallest absolute Gasteiger partial charge is 0.326 e. The molecule has 8 nitrogen and oxygen atoms in total. The zero-order chi connectivity index (χ0) is 17.1. The summed E-state index contributed by atoms with van der Waals surface area (Å²) < 4.78 is 0. The lowest BCUT2D eigenvalue weighted by Gasteiger charge is -2.19. The largest absolute Gasteiger partial charge is 0.481 e. The fourth-order valence-electron chi connectivity index (χ4n) is 1.93. The molecule has 2 atom stereocenters. The van der Waals surface area contributed by atoms with Crippen molar-refractivity contribution in [2.24, 2.45) is 0 Å². The number of aliphatic carboxylic acids is 2. The number of unbranched alkanes of at least 4 members (excludes halogenated alkanes) is 3. The van der Waals surface area contributed by atoms with Gasteiger partial charge in [0.25, 0.3) is 0 Å². The molecule has 8 heteroatoms. The third-order valence-electron chi connectivity index (χ3n) is 3.03. The van der Waals surface area contributed by atoms with Crippen LogP contribution < -0.4 is 10.6 Å². The maximum absolute atomic E-state index is 12.0. The van der Waals surface area contributed by atoms with E-state index >= 15 is 0 Å². The number of hydrogen-bond donors (Lipinski definition) is 4. The van der Waals surface area contributed by atoms with Gasteiger partial charge in [-0.05, 0) is 6.42 Å². The standard InChI is InChI=1S/C14H24N2O6/c1-3-4-5-6-7-10(14(21)22)16-13(20)11(8-12(18)19)15-9(2)17/h10-11H,3-8H2,1-2H3,(H,15,17)(H,16,20)(H,18,19)(H,21,22)/t10?,11-/m0/s1. The van der Waals surface area contributed by atoms with Crippen molar-refractivity contribution in [1.29, 1.82) is 0 Å². The normalized spacial score (nSPS) is 13.0. The summed E-state index contributed by atoms with van der Waals surface area (Å²) >= 11 is 0. The van der Waals surface area contributed by atoms with Crippen molar-refractivity contribution in [3.8, 4) is 0 Å². The summed E-state index contributed by atoms with van der Waals surface area (Å²) in [4.78, 5) is 44.8. The molecule has 0 fully saturated rings. The monoisotopic (exact) mass is 316 g/mol. The summed E-state index contributed by atoms with van der Waals surface area (Å²) in [6, 6.07) is -2.37. The Kier molecular flexibility index (Phi) is 9.56. The molecule has 0 aromatic carbocycles. The zero-order valence-electron chi connectivity index (χ0n) is 12.9. The van der Waals surface area contributed by atoms with Crippen molar-refractivity contribution in [1.82, 2.24) is 10.6 Å². The van der Waals surface area contributed by atoms with Gasteiger partial charge < -0.3 is 20.8 Å². The molecule has 4 N–H and O–H groups in total. The highest BCUT2D eigenvalue weighted by Crippen LogP contribution is 2.06. The Balaban J connectivity index is 4.63. The first kappa shape index (κ1) is 19.9. The molecule has 0 aliphatic rings. The minimum absolute atomic E-state index is 0.265. The number of rotatable bonds is 11. The van der Waals surface area contributed by atoms with E-state index in [-0.39, 0.29) is 6.42 Å². The second kappa shape index (κ2) is 10.6. The van der Waals surface area contributed by atoms with E-state index in [0.717, 1.165) is 26.2 Å². The zero-order valence-corrected chi connectivity index (χ0v) is 12.9. The van der Waals surface area contributed by atoms with Gasteiger partial charge in [0.05, 0.1) is 6.42 Å². The lowest BCUT2D eigenvalue weighted by molar-refractivity contribution is -0.143. The van der Waals surface area contributed by atoms with Gasteiger partial charge in [0.15, 0.2) is 0 Å². The second-order valence-corrected chi connectivity index (χ2v) is 5.10. The average molecular weight is 316 g/mol. The number of carbonyl (C=O) groups is 4. The Bertz CT molecular complexity index is 394. The molecule has 126 valence electrons. The van der Waals surface area contributed by atoms with E-state index in [4.69, 9.17) is 10.2 Å². The molecule has 0 bridgehead atoms. The Morgan fingerprint density at radius 1 is 0.955 bits per heavy atom. The van der Waals surface area contributed by atoms with Gasteiger partial charge in [0, 0.05) is 6.92 Å². The average Bonchev–Trinajstić information content (AvgIpc) is 2.39. The molecule has 0 aliphatic carbocycles. The second-order valence-electron chi connectivity index (χ2n) is 5.10. The fraction of sp³-hybridized carbons (Fsp3) is 0.714. The van der Waals surface area contributed by atoms with Crippen molar-refractivity contribution in [3.05, 3.63) is 0 Å². The molecule has 1 unspecified atom stereocenters. The first-order valence-corrected chi connectivity index (χ1v) is 7.30. The first-order chi connectivity index (χ1) is 10.3. The Morgan fingerprint density at radius 3 is 2.05 bits per heavy atom. The summed E-state index contributed by atoms with van der Waals surface area (Å²) in [6.07, 6.45) is 3.16. The van der Waals surface area contributed by atoms with Crippen LogP contribution in [0.1, 0.15) is 52.4 Å². The predicted molar refractivity (Wildman–Crippen MR) is 78.2 cm³/mol. The van der Waals surface area contributed by atoms with Crippen LogP contribution in [0.5, 0.6) is 0 Å². The van der Waals surface area contributed by atoms with Crippen LogP contribution in [0.25, 0.3) is 0 Å². The molecule has 0 saturated carbocycles. The van der Waals surface area contributed by atoms with Crippen LogP contribution in [0.3, 0.4) is 0 Å². The van der Waals surface area contributed by atoms with Gasteiger partial charge in [-0.2, -0.15) is 0 Å². The van der Waals surface area contributed by atoms with Crippen molar-refractivity contribution in [2.75, 3.05) is 0 Å². The van der Waals surface area contributed by atoms with Crippen LogP contribution in [-0.4, -0.2) is 46.0 Å². The van der Waals surface area contributed by atoms with Gasteiger partial charge >= 0.3 is 11.9 Å². The topological polar surface area (TPSA) is 133 Å². The maximum atomic E-state index is 12.0. The summed E-state index contributed by atoms with van der Waals surface area (Å²) in [7, 11) is 0. The molecule has 2 amide bonds. The van der Waals surface area contributed by atoms with E-state index in [1.165, 1.54) is 0 Å². The number of carboxylic acid groups (broad SMARTS) is 2. The van der Waals surface area contributed by atoms with Gasteiger partial charge in [-0.15, -0.1) is 0 Å². The van der Waals surface area contributed by atoms with E-state index in [2.05, 4.69) is 10.6 Å². The van der Waals surface area contributed by atoms with E-state index < -0.39 is 42.3 Å². The highest BCUT2D eigenvalue weighted by Gasteiger charge is 2.27. The lowest BCUT2D eigenvalue weighted by Crippen LogP contribution is -2.51. The third-order valence-corrected chi connectivity index (χ3v) is 3.03. The first-order valence-electron chi connectivity index (χ1n) is 7.30. The number of carboxylic acids is 2. The number of nitrogens with one attached hydrogen (secondary N) is 2. The van der Waals surface area contributed by atoms with Crippen LogP contribution in [0.4, 0.5) is 0 Å². The van der Waals surface area contributed by atoms with Crippen LogP contribution in [-0.2, 0) is 19.2 Å². The highest BCUT2D eigenvalue weighted by molar-refractivity contribution is 5.92. The molecule has 0 aliphatic heterocycles. The molecule has 0 rings (SSSR count). The summed E-state index contributed by atoms with van der Waals surface area (Å²) in [6.45, 7) is 3.18. The minimum atomic E-state index is -1.28. The van der Waals surface area contributed by atoms with Gasteiger partial charge in [-0.1, -0.05) is 32.6 Å².